The van der Waals surface area contributed by atoms with Crippen LogP contribution in [-0.2, 0) is 12.8 Å². The van der Waals surface area contributed by atoms with E-state index in [0.29, 0.717) is 22.9 Å². The highest BCUT2D eigenvalue weighted by Gasteiger charge is 2.13. The predicted molar refractivity (Wildman–Crippen MR) is 86.0 cm³/mol. The summed E-state index contributed by atoms with van der Waals surface area (Å²) in [6.45, 7) is 0. The van der Waals surface area contributed by atoms with E-state index in [0.717, 1.165) is 17.7 Å². The molecule has 21 heavy (non-hydrogen) atoms. The monoisotopic (exact) mass is 326 g/mol. The van der Waals surface area contributed by atoms with Gasteiger partial charge in [0.2, 0.25) is 0 Å². The van der Waals surface area contributed by atoms with Crippen LogP contribution < -0.4 is 4.74 Å². The van der Waals surface area contributed by atoms with E-state index in [2.05, 4.69) is 0 Å². The largest absolute Gasteiger partial charge is 0.497 e. The van der Waals surface area contributed by atoms with Crippen LogP contribution >= 0.6 is 23.2 Å². The van der Waals surface area contributed by atoms with Crippen LogP contribution in [0.1, 0.15) is 11.1 Å². The molecule has 0 amide bonds. The van der Waals surface area contributed by atoms with Crippen LogP contribution in [0, 0.1) is 11.7 Å². The van der Waals surface area contributed by atoms with Crippen LogP contribution in [0.2, 0.25) is 5.02 Å². The third-order valence-corrected chi connectivity index (χ3v) is 4.09. The first kappa shape index (κ1) is 16.1. The number of rotatable bonds is 6. The molecular formula is C17H17Cl2FO. The van der Waals surface area contributed by atoms with Gasteiger partial charge in [-0.15, -0.1) is 11.6 Å². The van der Waals surface area contributed by atoms with Crippen molar-refractivity contribution < 1.29 is 9.13 Å². The van der Waals surface area contributed by atoms with Crippen LogP contribution in [0.5, 0.6) is 5.75 Å². The Morgan fingerprint density at radius 3 is 2.43 bits per heavy atom. The van der Waals surface area contributed by atoms with Gasteiger partial charge in [-0.05, 0) is 60.2 Å². The molecule has 0 aliphatic carbocycles. The Morgan fingerprint density at radius 2 is 1.81 bits per heavy atom. The van der Waals surface area contributed by atoms with E-state index in [1.807, 2.05) is 24.3 Å². The van der Waals surface area contributed by atoms with Crippen molar-refractivity contribution in [1.82, 2.24) is 0 Å². The Kier molecular flexibility index (Phi) is 5.89. The molecular weight excluding hydrogens is 310 g/mol. The Morgan fingerprint density at radius 1 is 1.10 bits per heavy atom. The quantitative estimate of drug-likeness (QED) is 0.669. The first-order valence-corrected chi connectivity index (χ1v) is 7.66. The SMILES string of the molecule is COc1ccc(CC(CCl)Cc2cc(Cl)ccc2F)cc1. The highest BCUT2D eigenvalue weighted by molar-refractivity contribution is 6.30. The lowest BCUT2D eigenvalue weighted by atomic mass is 9.94. The number of ether oxygens (including phenoxy) is 1. The van der Waals surface area contributed by atoms with E-state index < -0.39 is 0 Å². The van der Waals surface area contributed by atoms with Crippen LogP contribution in [0.4, 0.5) is 4.39 Å². The van der Waals surface area contributed by atoms with Crippen LogP contribution in [0.25, 0.3) is 0 Å². The fourth-order valence-electron chi connectivity index (χ4n) is 2.29. The second kappa shape index (κ2) is 7.67. The smallest absolute Gasteiger partial charge is 0.126 e. The second-order valence-corrected chi connectivity index (χ2v) is 5.76. The predicted octanol–water partition coefficient (Wildman–Crippen LogP) is 5.13. The number of halogens is 3. The van der Waals surface area contributed by atoms with Crippen LogP contribution in [0.3, 0.4) is 0 Å². The van der Waals surface area contributed by atoms with Crippen LogP contribution in [-0.4, -0.2) is 13.0 Å². The zero-order chi connectivity index (χ0) is 15.2. The van der Waals surface area contributed by atoms with E-state index in [4.69, 9.17) is 27.9 Å². The zero-order valence-electron chi connectivity index (χ0n) is 11.8. The molecule has 2 aromatic rings. The molecule has 0 saturated carbocycles. The van der Waals surface area contributed by atoms with Crippen molar-refractivity contribution in [2.24, 2.45) is 5.92 Å². The molecule has 0 aliphatic heterocycles. The fourth-order valence-corrected chi connectivity index (χ4v) is 2.70. The van der Waals surface area contributed by atoms with E-state index >= 15 is 0 Å². The number of hydrogen-bond donors (Lipinski definition) is 0. The maximum atomic E-state index is 13.8. The maximum Gasteiger partial charge on any atom is 0.126 e. The summed E-state index contributed by atoms with van der Waals surface area (Å²) in [4.78, 5) is 0. The van der Waals surface area contributed by atoms with Gasteiger partial charge in [0.1, 0.15) is 11.6 Å². The first-order chi connectivity index (χ1) is 10.1. The molecule has 0 radical (unpaired) electrons. The molecule has 0 bridgehead atoms. The summed E-state index contributed by atoms with van der Waals surface area (Å²) >= 11 is 12.0. The average molecular weight is 327 g/mol. The summed E-state index contributed by atoms with van der Waals surface area (Å²) < 4.78 is 18.9. The molecule has 0 heterocycles. The van der Waals surface area contributed by atoms with Gasteiger partial charge in [0.05, 0.1) is 7.11 Å². The number of alkyl halides is 1. The summed E-state index contributed by atoms with van der Waals surface area (Å²) in [7, 11) is 1.64. The van der Waals surface area contributed by atoms with E-state index in [1.54, 1.807) is 19.2 Å². The molecule has 0 aromatic heterocycles. The number of methoxy groups -OCH3 is 1. The molecule has 0 spiro atoms. The normalized spacial score (nSPS) is 12.2. The summed E-state index contributed by atoms with van der Waals surface area (Å²) in [5.74, 6) is 1.22. The van der Waals surface area contributed by atoms with Crippen molar-refractivity contribution in [2.45, 2.75) is 12.8 Å². The lowest BCUT2D eigenvalue weighted by Crippen LogP contribution is -2.11. The van der Waals surface area contributed by atoms with Crippen molar-refractivity contribution >= 4 is 23.2 Å². The minimum atomic E-state index is -0.232. The van der Waals surface area contributed by atoms with Gasteiger partial charge < -0.3 is 4.74 Å². The van der Waals surface area contributed by atoms with Crippen molar-refractivity contribution in [1.29, 1.82) is 0 Å². The molecule has 4 heteroatoms. The summed E-state index contributed by atoms with van der Waals surface area (Å²) in [5, 5.41) is 0.546. The molecule has 0 aliphatic rings. The Hall–Kier alpha value is -1.25. The van der Waals surface area contributed by atoms with Gasteiger partial charge in [0.25, 0.3) is 0 Å². The molecule has 2 aromatic carbocycles. The number of hydrogen-bond acceptors (Lipinski definition) is 1. The molecule has 1 nitrogen and oxygen atoms in total. The minimum absolute atomic E-state index is 0.160. The van der Waals surface area contributed by atoms with Gasteiger partial charge in [-0.25, -0.2) is 4.39 Å². The summed E-state index contributed by atoms with van der Waals surface area (Å²) in [5.41, 5.74) is 1.77. The third kappa shape index (κ3) is 4.62. The van der Waals surface area contributed by atoms with Gasteiger partial charge in [-0.1, -0.05) is 23.7 Å². The Bertz CT molecular complexity index is 584. The molecule has 0 fully saturated rings. The highest BCUT2D eigenvalue weighted by Crippen LogP contribution is 2.22. The molecule has 2 rings (SSSR count). The molecule has 0 N–H and O–H groups in total. The van der Waals surface area contributed by atoms with Crippen molar-refractivity contribution in [3.05, 3.63) is 64.4 Å². The molecule has 0 saturated heterocycles. The highest BCUT2D eigenvalue weighted by atomic mass is 35.5. The Balaban J connectivity index is 2.07. The second-order valence-electron chi connectivity index (χ2n) is 5.01. The Labute approximate surface area is 134 Å². The molecule has 112 valence electrons. The summed E-state index contributed by atoms with van der Waals surface area (Å²) in [6.07, 6.45) is 1.36. The molecule has 1 atom stereocenters. The maximum absolute atomic E-state index is 13.8. The lowest BCUT2D eigenvalue weighted by Gasteiger charge is -2.15. The van der Waals surface area contributed by atoms with Gasteiger partial charge in [0, 0.05) is 10.9 Å². The van der Waals surface area contributed by atoms with E-state index in [9.17, 15) is 4.39 Å². The van der Waals surface area contributed by atoms with Gasteiger partial charge in [0.15, 0.2) is 0 Å². The lowest BCUT2D eigenvalue weighted by molar-refractivity contribution is 0.414. The van der Waals surface area contributed by atoms with Crippen molar-refractivity contribution in [3.63, 3.8) is 0 Å². The van der Waals surface area contributed by atoms with E-state index in [1.165, 1.54) is 6.07 Å². The first-order valence-electron chi connectivity index (χ1n) is 6.75. The van der Waals surface area contributed by atoms with Gasteiger partial charge in [-0.2, -0.15) is 0 Å². The third-order valence-electron chi connectivity index (χ3n) is 3.42. The van der Waals surface area contributed by atoms with Gasteiger partial charge in [-0.3, -0.25) is 0 Å². The van der Waals surface area contributed by atoms with Crippen LogP contribution in [0.15, 0.2) is 42.5 Å². The zero-order valence-corrected chi connectivity index (χ0v) is 13.3. The summed E-state index contributed by atoms with van der Waals surface area (Å²) in [6, 6.07) is 12.5. The standard InChI is InChI=1S/C17H17Cl2FO/c1-21-16-5-2-12(3-6-16)8-13(11-18)9-14-10-15(19)4-7-17(14)20/h2-7,10,13H,8-9,11H2,1H3. The topological polar surface area (TPSA) is 9.23 Å². The minimum Gasteiger partial charge on any atom is -0.497 e. The van der Waals surface area contributed by atoms with Crippen molar-refractivity contribution in [2.75, 3.05) is 13.0 Å². The molecule has 1 unspecified atom stereocenters. The average Bonchev–Trinajstić information content (AvgIpc) is 2.51. The van der Waals surface area contributed by atoms with Crippen molar-refractivity contribution in [3.8, 4) is 5.75 Å². The fraction of sp³-hybridized carbons (Fsp3) is 0.294. The van der Waals surface area contributed by atoms with E-state index in [-0.39, 0.29) is 11.7 Å². The van der Waals surface area contributed by atoms with Gasteiger partial charge >= 0.3 is 0 Å². The number of benzene rings is 2.